The van der Waals surface area contributed by atoms with Crippen molar-refractivity contribution in [1.29, 1.82) is 5.26 Å². The van der Waals surface area contributed by atoms with Crippen molar-refractivity contribution >= 4 is 0 Å². The van der Waals surface area contributed by atoms with Gasteiger partial charge < -0.3 is 5.11 Å². The van der Waals surface area contributed by atoms with Gasteiger partial charge in [0.1, 0.15) is 0 Å². The lowest BCUT2D eigenvalue weighted by Gasteiger charge is -2.25. The summed E-state index contributed by atoms with van der Waals surface area (Å²) >= 11 is 0. The van der Waals surface area contributed by atoms with Crippen molar-refractivity contribution in [2.45, 2.75) is 33.8 Å². The minimum absolute atomic E-state index is 0.148. The first kappa shape index (κ1) is 9.45. The topological polar surface area (TPSA) is 44.0 Å². The van der Waals surface area contributed by atoms with E-state index >= 15 is 0 Å². The van der Waals surface area contributed by atoms with Gasteiger partial charge in [-0.2, -0.15) is 5.26 Å². The summed E-state index contributed by atoms with van der Waals surface area (Å²) in [6.07, 6.45) is -0.530. The average molecular weight is 141 g/mol. The Morgan fingerprint density at radius 3 is 1.90 bits per heavy atom. The van der Waals surface area contributed by atoms with Crippen molar-refractivity contribution in [3.05, 3.63) is 0 Å². The van der Waals surface area contributed by atoms with E-state index in [1.165, 1.54) is 0 Å². The van der Waals surface area contributed by atoms with E-state index in [2.05, 4.69) is 6.07 Å². The molecule has 1 unspecified atom stereocenters. The highest BCUT2D eigenvalue weighted by atomic mass is 16.3. The zero-order valence-corrected chi connectivity index (χ0v) is 7.05. The fraction of sp³-hybridized carbons (Fsp3) is 0.875. The molecule has 2 nitrogen and oxygen atoms in total. The van der Waals surface area contributed by atoms with Crippen LogP contribution >= 0.6 is 0 Å². The van der Waals surface area contributed by atoms with E-state index in [4.69, 9.17) is 5.26 Å². The Hall–Kier alpha value is -0.550. The van der Waals surface area contributed by atoms with Gasteiger partial charge in [-0.1, -0.05) is 13.8 Å². The van der Waals surface area contributed by atoms with Gasteiger partial charge >= 0.3 is 0 Å². The molecule has 0 rings (SSSR count). The third-order valence-corrected chi connectivity index (χ3v) is 1.66. The van der Waals surface area contributed by atoms with Crippen molar-refractivity contribution in [2.75, 3.05) is 0 Å². The molecule has 0 aliphatic heterocycles. The van der Waals surface area contributed by atoms with Crippen molar-refractivity contribution in [2.24, 2.45) is 11.3 Å². The summed E-state index contributed by atoms with van der Waals surface area (Å²) in [5.74, 6) is 0.148. The van der Waals surface area contributed by atoms with Crippen LogP contribution in [0.5, 0.6) is 0 Å². The maximum atomic E-state index is 9.43. The fourth-order valence-electron chi connectivity index (χ4n) is 0.899. The van der Waals surface area contributed by atoms with E-state index in [0.29, 0.717) is 0 Å². The highest BCUT2D eigenvalue weighted by molar-refractivity contribution is 4.97. The van der Waals surface area contributed by atoms with Crippen LogP contribution in [-0.4, -0.2) is 11.2 Å². The Morgan fingerprint density at radius 2 is 1.80 bits per heavy atom. The van der Waals surface area contributed by atoms with E-state index in [9.17, 15) is 5.11 Å². The molecule has 0 amide bonds. The number of aliphatic hydroxyl groups is 1. The van der Waals surface area contributed by atoms with E-state index < -0.39 is 11.5 Å². The molecule has 0 aliphatic rings. The summed E-state index contributed by atoms with van der Waals surface area (Å²) in [6, 6.07) is 2.07. The van der Waals surface area contributed by atoms with Crippen molar-refractivity contribution in [3.63, 3.8) is 0 Å². The summed E-state index contributed by atoms with van der Waals surface area (Å²) in [7, 11) is 0. The number of nitriles is 1. The van der Waals surface area contributed by atoms with Gasteiger partial charge in [0, 0.05) is 0 Å². The number of hydrogen-bond acceptors (Lipinski definition) is 2. The van der Waals surface area contributed by atoms with E-state index in [-0.39, 0.29) is 5.92 Å². The van der Waals surface area contributed by atoms with Crippen molar-refractivity contribution in [1.82, 2.24) is 0 Å². The second-order valence-electron chi connectivity index (χ2n) is 3.52. The normalized spacial score (nSPS) is 14.9. The number of aliphatic hydroxyl groups excluding tert-OH is 1. The summed E-state index contributed by atoms with van der Waals surface area (Å²) in [5, 5.41) is 18.0. The summed E-state index contributed by atoms with van der Waals surface area (Å²) in [5.41, 5.74) is -0.617. The van der Waals surface area contributed by atoms with Gasteiger partial charge in [0.25, 0.3) is 0 Å². The quantitative estimate of drug-likeness (QED) is 0.634. The Kier molecular flexibility index (Phi) is 2.86. The summed E-state index contributed by atoms with van der Waals surface area (Å²) in [4.78, 5) is 0. The van der Waals surface area contributed by atoms with Gasteiger partial charge in [0.15, 0.2) is 0 Å². The van der Waals surface area contributed by atoms with Gasteiger partial charge in [-0.25, -0.2) is 0 Å². The van der Waals surface area contributed by atoms with E-state index in [1.807, 2.05) is 13.8 Å². The van der Waals surface area contributed by atoms with Gasteiger partial charge in [0.2, 0.25) is 0 Å². The molecule has 0 aromatic carbocycles. The molecule has 0 saturated carbocycles. The lowest BCUT2D eigenvalue weighted by molar-refractivity contribution is 0.0453. The molecule has 0 saturated heterocycles. The van der Waals surface area contributed by atoms with Crippen LogP contribution in [0.2, 0.25) is 0 Å². The maximum absolute atomic E-state index is 9.43. The third kappa shape index (κ3) is 2.00. The SMILES string of the molecule is CC(C)C(O)C(C)(C)C#N. The fourth-order valence-corrected chi connectivity index (χ4v) is 0.899. The monoisotopic (exact) mass is 141 g/mol. The van der Waals surface area contributed by atoms with Gasteiger partial charge in [-0.05, 0) is 19.8 Å². The first-order chi connectivity index (χ1) is 4.41. The van der Waals surface area contributed by atoms with Crippen LogP contribution in [-0.2, 0) is 0 Å². The Bertz CT molecular complexity index is 144. The zero-order valence-electron chi connectivity index (χ0n) is 7.05. The molecular weight excluding hydrogens is 126 g/mol. The lowest BCUT2D eigenvalue weighted by Crippen LogP contribution is -2.32. The molecule has 0 spiro atoms. The molecular formula is C8H15NO. The largest absolute Gasteiger partial charge is 0.391 e. The second-order valence-corrected chi connectivity index (χ2v) is 3.52. The number of hydrogen-bond donors (Lipinski definition) is 1. The van der Waals surface area contributed by atoms with Gasteiger partial charge in [-0.15, -0.1) is 0 Å². The molecule has 1 atom stereocenters. The standard InChI is InChI=1S/C8H15NO/c1-6(2)7(10)8(3,4)5-9/h6-7,10H,1-4H3. The molecule has 0 heterocycles. The van der Waals surface area contributed by atoms with E-state index in [1.54, 1.807) is 13.8 Å². The predicted molar refractivity (Wildman–Crippen MR) is 40.2 cm³/mol. The first-order valence-corrected chi connectivity index (χ1v) is 3.51. The van der Waals surface area contributed by atoms with Crippen LogP contribution in [0.1, 0.15) is 27.7 Å². The molecule has 0 bridgehead atoms. The Labute approximate surface area is 62.5 Å². The predicted octanol–water partition coefficient (Wildman–Crippen LogP) is 1.55. The summed E-state index contributed by atoms with van der Waals surface area (Å²) < 4.78 is 0. The van der Waals surface area contributed by atoms with Crippen LogP contribution in [0, 0.1) is 22.7 Å². The number of nitrogens with zero attached hydrogens (tertiary/aromatic N) is 1. The molecule has 0 aromatic heterocycles. The van der Waals surface area contributed by atoms with Gasteiger partial charge in [-0.3, -0.25) is 0 Å². The average Bonchev–Trinajstić information content (AvgIpc) is 1.86. The van der Waals surface area contributed by atoms with Crippen LogP contribution in [0.25, 0.3) is 0 Å². The maximum Gasteiger partial charge on any atom is 0.0778 e. The Balaban J connectivity index is 4.22. The number of rotatable bonds is 2. The van der Waals surface area contributed by atoms with Crippen molar-refractivity contribution < 1.29 is 5.11 Å². The third-order valence-electron chi connectivity index (χ3n) is 1.66. The molecule has 0 fully saturated rings. The minimum Gasteiger partial charge on any atom is -0.391 e. The minimum atomic E-state index is -0.617. The van der Waals surface area contributed by atoms with Crippen LogP contribution in [0.4, 0.5) is 0 Å². The molecule has 1 N–H and O–H groups in total. The molecule has 58 valence electrons. The Morgan fingerprint density at radius 1 is 1.40 bits per heavy atom. The smallest absolute Gasteiger partial charge is 0.0778 e. The van der Waals surface area contributed by atoms with Crippen LogP contribution < -0.4 is 0 Å². The lowest BCUT2D eigenvalue weighted by atomic mass is 9.82. The van der Waals surface area contributed by atoms with E-state index in [0.717, 1.165) is 0 Å². The summed E-state index contributed by atoms with van der Waals surface area (Å²) in [6.45, 7) is 7.31. The molecule has 0 aromatic rings. The molecule has 0 aliphatic carbocycles. The van der Waals surface area contributed by atoms with Crippen molar-refractivity contribution in [3.8, 4) is 6.07 Å². The van der Waals surface area contributed by atoms with Crippen LogP contribution in [0.3, 0.4) is 0 Å². The molecule has 2 heteroatoms. The van der Waals surface area contributed by atoms with Gasteiger partial charge in [0.05, 0.1) is 17.6 Å². The highest BCUT2D eigenvalue weighted by Crippen LogP contribution is 2.24. The second kappa shape index (κ2) is 3.03. The zero-order chi connectivity index (χ0) is 8.36. The first-order valence-electron chi connectivity index (χ1n) is 3.51. The molecule has 10 heavy (non-hydrogen) atoms. The molecule has 0 radical (unpaired) electrons. The van der Waals surface area contributed by atoms with Crippen LogP contribution in [0.15, 0.2) is 0 Å². The highest BCUT2D eigenvalue weighted by Gasteiger charge is 2.29.